The first kappa shape index (κ1) is 19.4. The second kappa shape index (κ2) is 7.72. The highest BCUT2D eigenvalue weighted by Crippen LogP contribution is 2.34. The first-order chi connectivity index (χ1) is 12.8. The van der Waals surface area contributed by atoms with E-state index < -0.39 is 29.4 Å². The van der Waals surface area contributed by atoms with Crippen LogP contribution in [0.1, 0.15) is 37.2 Å². The molecule has 146 valence electrons. The van der Waals surface area contributed by atoms with Crippen molar-refractivity contribution in [3.8, 4) is 0 Å². The molecule has 0 radical (unpaired) electrons. The van der Waals surface area contributed by atoms with Gasteiger partial charge in [-0.3, -0.25) is 9.59 Å². The minimum atomic E-state index is -1.24. The summed E-state index contributed by atoms with van der Waals surface area (Å²) >= 11 is 0. The number of hydrogen-bond acceptors (Lipinski definition) is 3. The molecule has 1 aliphatic carbocycles. The number of halogens is 3. The van der Waals surface area contributed by atoms with E-state index in [1.54, 1.807) is 11.0 Å². The predicted octanol–water partition coefficient (Wildman–Crippen LogP) is 1.96. The molecule has 0 unspecified atom stereocenters. The zero-order chi connectivity index (χ0) is 19.7. The Morgan fingerprint density at radius 2 is 1.67 bits per heavy atom. The van der Waals surface area contributed by atoms with Gasteiger partial charge in [-0.25, -0.2) is 13.2 Å². The summed E-state index contributed by atoms with van der Waals surface area (Å²) < 4.78 is 40.7. The van der Waals surface area contributed by atoms with Crippen LogP contribution in [0.4, 0.5) is 13.2 Å². The van der Waals surface area contributed by atoms with Gasteiger partial charge in [0.1, 0.15) is 5.82 Å². The van der Waals surface area contributed by atoms with Gasteiger partial charge in [0.05, 0.1) is 0 Å². The lowest BCUT2D eigenvalue weighted by Gasteiger charge is -2.34. The molecule has 0 saturated carbocycles. The van der Waals surface area contributed by atoms with Gasteiger partial charge >= 0.3 is 0 Å². The van der Waals surface area contributed by atoms with Crippen LogP contribution in [-0.4, -0.2) is 35.8 Å². The van der Waals surface area contributed by atoms with E-state index in [1.807, 2.05) is 0 Å². The maximum absolute atomic E-state index is 14.0. The summed E-state index contributed by atoms with van der Waals surface area (Å²) in [6, 6.07) is 0.770. The maximum Gasteiger partial charge on any atom is 0.249 e. The Balaban J connectivity index is 1.70. The van der Waals surface area contributed by atoms with E-state index in [2.05, 4.69) is 0 Å². The molecule has 1 aromatic carbocycles. The number of nitrogens with zero attached hydrogens (tertiary/aromatic N) is 1. The fourth-order valence-corrected chi connectivity index (χ4v) is 3.85. The van der Waals surface area contributed by atoms with E-state index in [9.17, 15) is 22.8 Å². The predicted molar refractivity (Wildman–Crippen MR) is 92.8 cm³/mol. The first-order valence-electron chi connectivity index (χ1n) is 8.95. The van der Waals surface area contributed by atoms with Gasteiger partial charge in [-0.2, -0.15) is 0 Å². The molecular formula is C19H22F3N3O2. The minimum absolute atomic E-state index is 0.0198. The summed E-state index contributed by atoms with van der Waals surface area (Å²) in [7, 11) is 0. The van der Waals surface area contributed by atoms with E-state index in [4.69, 9.17) is 11.5 Å². The van der Waals surface area contributed by atoms with Crippen molar-refractivity contribution in [1.82, 2.24) is 4.90 Å². The van der Waals surface area contributed by atoms with Crippen molar-refractivity contribution in [3.05, 3.63) is 46.8 Å². The average Bonchev–Trinajstić information content (AvgIpc) is 2.64. The number of amides is 2. The second-order valence-corrected chi connectivity index (χ2v) is 7.20. The van der Waals surface area contributed by atoms with Crippen LogP contribution in [0.3, 0.4) is 0 Å². The SMILES string of the molecule is NC(=O)C1CCN(C(=O)C2=CC[C@H](c3cc(F)c(F)cc3F)[C@@H](N)C2)CC1. The Bertz CT molecular complexity index is 789. The summed E-state index contributed by atoms with van der Waals surface area (Å²) in [4.78, 5) is 25.6. The minimum Gasteiger partial charge on any atom is -0.369 e. The molecule has 27 heavy (non-hydrogen) atoms. The number of benzene rings is 1. The van der Waals surface area contributed by atoms with Crippen molar-refractivity contribution in [2.75, 3.05) is 13.1 Å². The average molecular weight is 381 g/mol. The molecule has 1 aliphatic heterocycles. The van der Waals surface area contributed by atoms with Crippen LogP contribution in [0.2, 0.25) is 0 Å². The van der Waals surface area contributed by atoms with E-state index in [-0.39, 0.29) is 36.1 Å². The van der Waals surface area contributed by atoms with Crippen LogP contribution in [0.25, 0.3) is 0 Å². The number of carbonyl (C=O) groups is 2. The van der Waals surface area contributed by atoms with Crippen LogP contribution in [0, 0.1) is 23.4 Å². The molecular weight excluding hydrogens is 359 g/mol. The van der Waals surface area contributed by atoms with Gasteiger partial charge < -0.3 is 16.4 Å². The summed E-state index contributed by atoms with van der Waals surface area (Å²) in [5, 5.41) is 0. The largest absolute Gasteiger partial charge is 0.369 e. The Labute approximate surface area is 155 Å². The van der Waals surface area contributed by atoms with Crippen molar-refractivity contribution in [1.29, 1.82) is 0 Å². The van der Waals surface area contributed by atoms with Crippen molar-refractivity contribution < 1.29 is 22.8 Å². The Kier molecular flexibility index (Phi) is 5.55. The Hall–Kier alpha value is -2.35. The molecule has 1 saturated heterocycles. The number of rotatable bonds is 3. The number of hydrogen-bond donors (Lipinski definition) is 2. The van der Waals surface area contributed by atoms with Crippen LogP contribution in [0.5, 0.6) is 0 Å². The molecule has 3 rings (SSSR count). The fourth-order valence-electron chi connectivity index (χ4n) is 3.85. The molecule has 5 nitrogen and oxygen atoms in total. The molecule has 0 aromatic heterocycles. The van der Waals surface area contributed by atoms with Crippen LogP contribution in [0.15, 0.2) is 23.8 Å². The summed E-state index contributed by atoms with van der Waals surface area (Å²) in [6.45, 7) is 0.889. The molecule has 4 N–H and O–H groups in total. The third kappa shape index (κ3) is 4.00. The van der Waals surface area contributed by atoms with E-state index >= 15 is 0 Å². The molecule has 1 aromatic rings. The van der Waals surface area contributed by atoms with E-state index in [0.717, 1.165) is 6.07 Å². The molecule has 1 heterocycles. The van der Waals surface area contributed by atoms with Gasteiger partial charge in [-0.05, 0) is 37.3 Å². The van der Waals surface area contributed by atoms with Gasteiger partial charge in [0.2, 0.25) is 11.8 Å². The lowest BCUT2D eigenvalue weighted by atomic mass is 9.80. The van der Waals surface area contributed by atoms with E-state index in [0.29, 0.717) is 37.6 Å². The first-order valence-corrected chi connectivity index (χ1v) is 8.95. The third-order valence-corrected chi connectivity index (χ3v) is 5.49. The Morgan fingerprint density at radius 3 is 2.26 bits per heavy atom. The van der Waals surface area contributed by atoms with Gasteiger partial charge in [0.15, 0.2) is 11.6 Å². The highest BCUT2D eigenvalue weighted by molar-refractivity contribution is 5.94. The van der Waals surface area contributed by atoms with Gasteiger partial charge in [0, 0.05) is 42.6 Å². The number of likely N-dealkylation sites (tertiary alicyclic amines) is 1. The summed E-state index contributed by atoms with van der Waals surface area (Å²) in [5.41, 5.74) is 12.0. The molecule has 2 aliphatic rings. The van der Waals surface area contributed by atoms with Crippen molar-refractivity contribution in [2.45, 2.75) is 37.6 Å². The highest BCUT2D eigenvalue weighted by atomic mass is 19.2. The van der Waals surface area contributed by atoms with Crippen molar-refractivity contribution in [2.24, 2.45) is 17.4 Å². The Morgan fingerprint density at radius 1 is 1.04 bits per heavy atom. The number of nitrogens with two attached hydrogens (primary N) is 2. The zero-order valence-corrected chi connectivity index (χ0v) is 14.8. The highest BCUT2D eigenvalue weighted by Gasteiger charge is 2.33. The monoisotopic (exact) mass is 381 g/mol. The van der Waals surface area contributed by atoms with Crippen LogP contribution < -0.4 is 11.5 Å². The topological polar surface area (TPSA) is 89.4 Å². The van der Waals surface area contributed by atoms with Crippen LogP contribution >= 0.6 is 0 Å². The summed E-state index contributed by atoms with van der Waals surface area (Å²) in [5.74, 6) is -4.45. The normalized spacial score (nSPS) is 23.9. The standard InChI is InChI=1S/C19H22F3N3O2/c20-14-9-16(22)15(21)8-13(14)12-2-1-11(7-17(12)23)19(27)25-5-3-10(4-6-25)18(24)26/h1,8-10,12,17H,2-7,23H2,(H2,24,26)/t12-,17+/m1/s1. The molecule has 1 fully saturated rings. The molecule has 0 spiro atoms. The van der Waals surface area contributed by atoms with Gasteiger partial charge in [-0.15, -0.1) is 0 Å². The molecule has 8 heteroatoms. The van der Waals surface area contributed by atoms with Crippen LogP contribution in [-0.2, 0) is 9.59 Å². The second-order valence-electron chi connectivity index (χ2n) is 7.20. The maximum atomic E-state index is 14.0. The molecule has 2 atom stereocenters. The van der Waals surface area contributed by atoms with E-state index in [1.165, 1.54) is 0 Å². The van der Waals surface area contributed by atoms with Gasteiger partial charge in [-0.1, -0.05) is 6.08 Å². The third-order valence-electron chi connectivity index (χ3n) is 5.49. The van der Waals surface area contributed by atoms with Crippen molar-refractivity contribution >= 4 is 11.8 Å². The lowest BCUT2D eigenvalue weighted by molar-refractivity contribution is -0.131. The molecule has 2 amide bonds. The lowest BCUT2D eigenvalue weighted by Crippen LogP contribution is -2.44. The fraction of sp³-hybridized carbons (Fsp3) is 0.474. The smallest absolute Gasteiger partial charge is 0.249 e. The number of piperidine rings is 1. The summed E-state index contributed by atoms with van der Waals surface area (Å²) in [6.07, 6.45) is 3.24. The number of carbonyl (C=O) groups excluding carboxylic acids is 2. The number of allylic oxidation sites excluding steroid dienone is 1. The zero-order valence-electron chi connectivity index (χ0n) is 14.8. The van der Waals surface area contributed by atoms with Gasteiger partial charge in [0.25, 0.3) is 0 Å². The number of primary amides is 1. The quantitative estimate of drug-likeness (QED) is 0.785. The molecule has 0 bridgehead atoms. The van der Waals surface area contributed by atoms with Crippen molar-refractivity contribution in [3.63, 3.8) is 0 Å².